The van der Waals surface area contributed by atoms with E-state index in [1.807, 2.05) is 24.3 Å². The van der Waals surface area contributed by atoms with Gasteiger partial charge in [-0.25, -0.2) is 8.42 Å². The van der Waals surface area contributed by atoms with Crippen molar-refractivity contribution in [2.75, 3.05) is 23.7 Å². The predicted molar refractivity (Wildman–Crippen MR) is 93.2 cm³/mol. The summed E-state index contributed by atoms with van der Waals surface area (Å²) in [5.41, 5.74) is 1.87. The molecule has 6 heteroatoms. The van der Waals surface area contributed by atoms with Crippen LogP contribution < -0.4 is 9.04 Å². The maximum absolute atomic E-state index is 12.8. The molecule has 0 amide bonds. The summed E-state index contributed by atoms with van der Waals surface area (Å²) in [5.74, 6) is 0.687. The molecule has 2 aromatic rings. The van der Waals surface area contributed by atoms with Crippen LogP contribution in [-0.2, 0) is 16.4 Å². The number of nitrogens with zero attached hydrogens (tertiary/aromatic N) is 1. The monoisotopic (exact) mass is 345 g/mol. The van der Waals surface area contributed by atoms with Crippen molar-refractivity contribution in [2.45, 2.75) is 12.8 Å². The molecule has 0 aliphatic carbocycles. The van der Waals surface area contributed by atoms with E-state index >= 15 is 0 Å². The Bertz CT molecular complexity index is 861. The molecule has 126 valence electrons. The van der Waals surface area contributed by atoms with Crippen LogP contribution in [-0.4, -0.2) is 33.6 Å². The highest BCUT2D eigenvalue weighted by Gasteiger charge is 2.30. The van der Waals surface area contributed by atoms with Gasteiger partial charge in [0.2, 0.25) is 10.0 Å². The van der Waals surface area contributed by atoms with Gasteiger partial charge in [-0.1, -0.05) is 24.3 Å². The van der Waals surface area contributed by atoms with Crippen LogP contribution in [0.5, 0.6) is 5.75 Å². The maximum atomic E-state index is 12.8. The lowest BCUT2D eigenvalue weighted by atomic mass is 10.0. The number of benzene rings is 2. The first-order chi connectivity index (χ1) is 11.5. The number of fused-ring (bicyclic) bond motifs is 1. The number of Topliss-reactive ketones (excluding diaryl/α,β-unsaturated/α-hetero) is 1. The number of ketones is 1. The number of hydrogen-bond acceptors (Lipinski definition) is 4. The molecule has 0 unspecified atom stereocenters. The molecule has 0 fully saturated rings. The summed E-state index contributed by atoms with van der Waals surface area (Å²) >= 11 is 0. The highest BCUT2D eigenvalue weighted by atomic mass is 32.2. The second kappa shape index (κ2) is 6.65. The Labute approximate surface area is 141 Å². The van der Waals surface area contributed by atoms with E-state index in [4.69, 9.17) is 4.74 Å². The molecule has 1 heterocycles. The van der Waals surface area contributed by atoms with E-state index < -0.39 is 10.0 Å². The van der Waals surface area contributed by atoms with Gasteiger partial charge in [-0.2, -0.15) is 0 Å². The number of sulfonamides is 1. The van der Waals surface area contributed by atoms with Crippen LogP contribution in [0, 0.1) is 0 Å². The Hall–Kier alpha value is -2.34. The number of rotatable bonds is 5. The molecule has 5 nitrogen and oxygen atoms in total. The highest BCUT2D eigenvalue weighted by molar-refractivity contribution is 7.92. The van der Waals surface area contributed by atoms with Crippen molar-refractivity contribution >= 4 is 21.5 Å². The smallest absolute Gasteiger partial charge is 0.235 e. The van der Waals surface area contributed by atoms with Crippen LogP contribution in [0.4, 0.5) is 5.69 Å². The normalized spacial score (nSPS) is 14.4. The lowest BCUT2D eigenvalue weighted by Crippen LogP contribution is -2.39. The molecule has 0 atom stereocenters. The SMILES string of the molecule is COc1cccc(CCS(=O)(=O)N2CCC(=O)c3ccccc32)c1. The molecular weight excluding hydrogens is 326 g/mol. The first-order valence-corrected chi connectivity index (χ1v) is 9.38. The minimum Gasteiger partial charge on any atom is -0.497 e. The Balaban J connectivity index is 1.81. The van der Waals surface area contributed by atoms with Crippen molar-refractivity contribution in [3.8, 4) is 5.75 Å². The largest absolute Gasteiger partial charge is 0.497 e. The van der Waals surface area contributed by atoms with Crippen molar-refractivity contribution in [3.63, 3.8) is 0 Å². The van der Waals surface area contributed by atoms with Gasteiger partial charge in [0.25, 0.3) is 0 Å². The fraction of sp³-hybridized carbons (Fsp3) is 0.278. The molecular formula is C18H19NO4S. The van der Waals surface area contributed by atoms with E-state index in [9.17, 15) is 13.2 Å². The molecule has 0 N–H and O–H groups in total. The van der Waals surface area contributed by atoms with Gasteiger partial charge < -0.3 is 4.74 Å². The second-order valence-corrected chi connectivity index (χ2v) is 7.69. The van der Waals surface area contributed by atoms with Crippen LogP contribution in [0.15, 0.2) is 48.5 Å². The van der Waals surface area contributed by atoms with E-state index in [0.717, 1.165) is 5.56 Å². The van der Waals surface area contributed by atoms with Gasteiger partial charge in [0.05, 0.1) is 18.6 Å². The molecule has 24 heavy (non-hydrogen) atoms. The standard InChI is InChI=1S/C18H19NO4S/c1-23-15-6-4-5-14(13-15)10-12-24(21,22)19-11-9-18(20)16-7-2-3-8-17(16)19/h2-8,13H,9-12H2,1H3. The van der Waals surface area contributed by atoms with Crippen molar-refractivity contribution in [1.29, 1.82) is 0 Å². The molecule has 3 rings (SSSR count). The van der Waals surface area contributed by atoms with Crippen molar-refractivity contribution in [3.05, 3.63) is 59.7 Å². The quantitative estimate of drug-likeness (QED) is 0.836. The Kier molecular flexibility index (Phi) is 4.57. The van der Waals surface area contributed by atoms with E-state index in [0.29, 0.717) is 23.4 Å². The lowest BCUT2D eigenvalue weighted by Gasteiger charge is -2.29. The van der Waals surface area contributed by atoms with Gasteiger partial charge in [-0.3, -0.25) is 9.10 Å². The second-order valence-electron chi connectivity index (χ2n) is 5.68. The summed E-state index contributed by atoms with van der Waals surface area (Å²) < 4.78 is 32.1. The zero-order valence-corrected chi connectivity index (χ0v) is 14.3. The van der Waals surface area contributed by atoms with Gasteiger partial charge in [0.1, 0.15) is 5.75 Å². The fourth-order valence-electron chi connectivity index (χ4n) is 2.86. The number of carbonyl (C=O) groups excluding carboxylic acids is 1. The van der Waals surface area contributed by atoms with Gasteiger partial charge in [0.15, 0.2) is 5.78 Å². The first-order valence-electron chi connectivity index (χ1n) is 7.77. The summed E-state index contributed by atoms with van der Waals surface area (Å²) in [4.78, 5) is 12.0. The van der Waals surface area contributed by atoms with Crippen LogP contribution >= 0.6 is 0 Å². The Morgan fingerprint density at radius 3 is 2.71 bits per heavy atom. The summed E-state index contributed by atoms with van der Waals surface area (Å²) in [6.07, 6.45) is 0.613. The van der Waals surface area contributed by atoms with Crippen LogP contribution in [0.1, 0.15) is 22.3 Å². The summed E-state index contributed by atoms with van der Waals surface area (Å²) in [7, 11) is -1.92. The Morgan fingerprint density at radius 2 is 1.92 bits per heavy atom. The molecule has 0 saturated heterocycles. The van der Waals surface area contributed by atoms with Gasteiger partial charge in [0, 0.05) is 18.5 Å². The molecule has 0 radical (unpaired) electrons. The number of aryl methyl sites for hydroxylation is 1. The van der Waals surface area contributed by atoms with Crippen LogP contribution in [0.3, 0.4) is 0 Å². The molecule has 1 aliphatic rings. The van der Waals surface area contributed by atoms with E-state index in [1.54, 1.807) is 31.4 Å². The third-order valence-corrected chi connectivity index (χ3v) is 5.90. The van der Waals surface area contributed by atoms with Crippen molar-refractivity contribution in [1.82, 2.24) is 0 Å². The third-order valence-electron chi connectivity index (χ3n) is 4.13. The van der Waals surface area contributed by atoms with E-state index in [2.05, 4.69) is 0 Å². The van der Waals surface area contributed by atoms with Crippen molar-refractivity contribution < 1.29 is 17.9 Å². The highest BCUT2D eigenvalue weighted by Crippen LogP contribution is 2.29. The molecule has 0 bridgehead atoms. The lowest BCUT2D eigenvalue weighted by molar-refractivity contribution is 0.0982. The molecule has 2 aromatic carbocycles. The topological polar surface area (TPSA) is 63.7 Å². The minimum atomic E-state index is -3.50. The molecule has 0 aromatic heterocycles. The number of hydrogen-bond donors (Lipinski definition) is 0. The van der Waals surface area contributed by atoms with E-state index in [1.165, 1.54) is 4.31 Å². The minimum absolute atomic E-state index is 0.00940. The predicted octanol–water partition coefficient (Wildman–Crippen LogP) is 2.66. The Morgan fingerprint density at radius 1 is 1.12 bits per heavy atom. The summed E-state index contributed by atoms with van der Waals surface area (Å²) in [5, 5.41) is 0. The fourth-order valence-corrected chi connectivity index (χ4v) is 4.40. The average Bonchev–Trinajstić information content (AvgIpc) is 2.60. The van der Waals surface area contributed by atoms with E-state index in [-0.39, 0.29) is 24.5 Å². The number of carbonyl (C=O) groups is 1. The number of ether oxygens (including phenoxy) is 1. The van der Waals surface area contributed by atoms with Crippen molar-refractivity contribution in [2.24, 2.45) is 0 Å². The third kappa shape index (κ3) is 3.28. The van der Waals surface area contributed by atoms with Crippen LogP contribution in [0.25, 0.3) is 0 Å². The van der Waals surface area contributed by atoms with Gasteiger partial charge in [-0.05, 0) is 36.2 Å². The van der Waals surface area contributed by atoms with Gasteiger partial charge >= 0.3 is 0 Å². The number of anilines is 1. The summed E-state index contributed by atoms with van der Waals surface area (Å²) in [6.45, 7) is 0.205. The average molecular weight is 345 g/mol. The summed E-state index contributed by atoms with van der Waals surface area (Å²) in [6, 6.07) is 14.3. The molecule has 0 spiro atoms. The number of methoxy groups -OCH3 is 1. The molecule has 0 saturated carbocycles. The van der Waals surface area contributed by atoms with Crippen LogP contribution in [0.2, 0.25) is 0 Å². The first kappa shape index (κ1) is 16.5. The maximum Gasteiger partial charge on any atom is 0.235 e. The number of para-hydroxylation sites is 1. The van der Waals surface area contributed by atoms with Gasteiger partial charge in [-0.15, -0.1) is 0 Å². The zero-order valence-electron chi connectivity index (χ0n) is 13.4. The molecule has 1 aliphatic heterocycles. The zero-order chi connectivity index (χ0) is 17.2.